The smallest absolute Gasteiger partial charge is 0.226 e. The van der Waals surface area contributed by atoms with Crippen molar-refractivity contribution in [3.8, 4) is 5.75 Å². The standard InChI is InChI=1S/C18H17ClN2O2S2/c1-23-14-4-2-5-15-17(14)21-18(25-15)20-16(22)6-3-11-24-13-9-7-12(19)8-10-13/h2,4-5,7-10H,3,6,11H2,1H3,(H,20,21,22). The Kier molecular flexibility index (Phi) is 6.18. The quantitative estimate of drug-likeness (QED) is 0.428. The number of anilines is 1. The first-order chi connectivity index (χ1) is 12.2. The predicted molar refractivity (Wildman–Crippen MR) is 106 cm³/mol. The Balaban J connectivity index is 1.48. The van der Waals surface area contributed by atoms with E-state index < -0.39 is 0 Å². The van der Waals surface area contributed by atoms with Gasteiger partial charge in [-0.3, -0.25) is 4.79 Å². The Morgan fingerprint density at radius 2 is 2.08 bits per heavy atom. The van der Waals surface area contributed by atoms with Crippen molar-refractivity contribution in [3.05, 3.63) is 47.5 Å². The number of carbonyl (C=O) groups is 1. The van der Waals surface area contributed by atoms with Gasteiger partial charge in [0.25, 0.3) is 0 Å². The van der Waals surface area contributed by atoms with Crippen molar-refractivity contribution in [2.24, 2.45) is 0 Å². The minimum absolute atomic E-state index is 0.0188. The number of para-hydroxylation sites is 1. The second-order valence-electron chi connectivity index (χ2n) is 5.28. The number of thioether (sulfide) groups is 1. The molecule has 7 heteroatoms. The van der Waals surface area contributed by atoms with E-state index in [1.54, 1.807) is 18.9 Å². The molecule has 0 aliphatic heterocycles. The lowest BCUT2D eigenvalue weighted by molar-refractivity contribution is -0.116. The summed E-state index contributed by atoms with van der Waals surface area (Å²) in [6.07, 6.45) is 1.26. The monoisotopic (exact) mass is 392 g/mol. The lowest BCUT2D eigenvalue weighted by Gasteiger charge is -2.03. The van der Waals surface area contributed by atoms with Gasteiger partial charge in [0.1, 0.15) is 11.3 Å². The number of fused-ring (bicyclic) bond motifs is 1. The van der Waals surface area contributed by atoms with Crippen LogP contribution in [0.5, 0.6) is 5.75 Å². The molecule has 4 nitrogen and oxygen atoms in total. The second kappa shape index (κ2) is 8.56. The van der Waals surface area contributed by atoms with Crippen LogP contribution < -0.4 is 10.1 Å². The van der Waals surface area contributed by atoms with Gasteiger partial charge in [-0.25, -0.2) is 4.98 Å². The van der Waals surface area contributed by atoms with E-state index in [1.165, 1.54) is 11.3 Å². The number of ether oxygens (including phenoxy) is 1. The van der Waals surface area contributed by atoms with Crippen LogP contribution in [0.15, 0.2) is 47.4 Å². The largest absolute Gasteiger partial charge is 0.494 e. The third-order valence-corrected chi connectivity index (χ3v) is 5.77. The van der Waals surface area contributed by atoms with Crippen LogP contribution in [-0.2, 0) is 4.79 Å². The number of carbonyl (C=O) groups excluding carboxylic acids is 1. The highest BCUT2D eigenvalue weighted by Gasteiger charge is 2.10. The summed E-state index contributed by atoms with van der Waals surface area (Å²) in [6.45, 7) is 0. The Bertz CT molecular complexity index is 865. The summed E-state index contributed by atoms with van der Waals surface area (Å²) >= 11 is 9.03. The maximum Gasteiger partial charge on any atom is 0.226 e. The van der Waals surface area contributed by atoms with Gasteiger partial charge in [0.2, 0.25) is 5.91 Å². The summed E-state index contributed by atoms with van der Waals surface area (Å²) in [7, 11) is 1.62. The molecule has 130 valence electrons. The van der Waals surface area contributed by atoms with Crippen LogP contribution in [0, 0.1) is 0 Å². The average Bonchev–Trinajstić information content (AvgIpc) is 3.02. The van der Waals surface area contributed by atoms with Crippen LogP contribution in [0.4, 0.5) is 5.13 Å². The first-order valence-corrected chi connectivity index (χ1v) is 9.95. The number of aromatic nitrogens is 1. The molecular formula is C18H17ClN2O2S2. The Morgan fingerprint density at radius 3 is 2.84 bits per heavy atom. The highest BCUT2D eigenvalue weighted by Crippen LogP contribution is 2.32. The number of amides is 1. The van der Waals surface area contributed by atoms with Crippen LogP contribution >= 0.6 is 34.7 Å². The number of nitrogens with one attached hydrogen (secondary N) is 1. The number of nitrogens with zero attached hydrogens (tertiary/aromatic N) is 1. The minimum Gasteiger partial charge on any atom is -0.494 e. The third-order valence-electron chi connectivity index (χ3n) is 3.48. The van der Waals surface area contributed by atoms with E-state index in [2.05, 4.69) is 10.3 Å². The molecule has 1 amide bonds. The molecule has 0 atom stereocenters. The van der Waals surface area contributed by atoms with Crippen molar-refractivity contribution < 1.29 is 9.53 Å². The van der Waals surface area contributed by atoms with Gasteiger partial charge < -0.3 is 10.1 Å². The lowest BCUT2D eigenvalue weighted by Crippen LogP contribution is -2.11. The number of thiazole rings is 1. The summed E-state index contributed by atoms with van der Waals surface area (Å²) in [5.41, 5.74) is 0.781. The van der Waals surface area contributed by atoms with Crippen molar-refractivity contribution >= 4 is 56.0 Å². The molecule has 0 bridgehead atoms. The fourth-order valence-corrected chi connectivity index (χ4v) is 4.16. The average molecular weight is 393 g/mol. The number of methoxy groups -OCH3 is 1. The fourth-order valence-electron chi connectivity index (χ4n) is 2.28. The van der Waals surface area contributed by atoms with Gasteiger partial charge in [-0.15, -0.1) is 11.8 Å². The minimum atomic E-state index is -0.0188. The van der Waals surface area contributed by atoms with Gasteiger partial charge in [0.15, 0.2) is 5.13 Å². The van der Waals surface area contributed by atoms with Gasteiger partial charge in [-0.2, -0.15) is 0 Å². The number of hydrogen-bond acceptors (Lipinski definition) is 5. The molecule has 0 fully saturated rings. The van der Waals surface area contributed by atoms with Gasteiger partial charge in [0.05, 0.1) is 11.8 Å². The molecular weight excluding hydrogens is 376 g/mol. The van der Waals surface area contributed by atoms with Crippen molar-refractivity contribution in [2.75, 3.05) is 18.2 Å². The van der Waals surface area contributed by atoms with E-state index in [0.29, 0.717) is 17.3 Å². The van der Waals surface area contributed by atoms with Crippen molar-refractivity contribution in [2.45, 2.75) is 17.7 Å². The highest BCUT2D eigenvalue weighted by atomic mass is 35.5. The summed E-state index contributed by atoms with van der Waals surface area (Å²) in [4.78, 5) is 17.7. The molecule has 1 aromatic heterocycles. The van der Waals surface area contributed by atoms with Crippen molar-refractivity contribution in [1.82, 2.24) is 4.98 Å². The fraction of sp³-hybridized carbons (Fsp3) is 0.222. The summed E-state index contributed by atoms with van der Waals surface area (Å²) in [5.74, 6) is 1.58. The van der Waals surface area contributed by atoms with E-state index in [-0.39, 0.29) is 5.91 Å². The Labute approximate surface area is 159 Å². The summed E-state index contributed by atoms with van der Waals surface area (Å²) in [6, 6.07) is 13.5. The van der Waals surface area contributed by atoms with Crippen molar-refractivity contribution in [3.63, 3.8) is 0 Å². The molecule has 0 aliphatic rings. The van der Waals surface area contributed by atoms with Gasteiger partial charge in [0, 0.05) is 16.3 Å². The zero-order valence-corrected chi connectivity index (χ0v) is 16.0. The van der Waals surface area contributed by atoms with E-state index in [4.69, 9.17) is 16.3 Å². The van der Waals surface area contributed by atoms with E-state index >= 15 is 0 Å². The second-order valence-corrected chi connectivity index (χ2v) is 7.92. The molecule has 3 aromatic rings. The molecule has 1 N–H and O–H groups in total. The number of hydrogen-bond donors (Lipinski definition) is 1. The van der Waals surface area contributed by atoms with Crippen LogP contribution in [0.3, 0.4) is 0 Å². The SMILES string of the molecule is COc1cccc2sc(NC(=O)CCCSc3ccc(Cl)cc3)nc12. The van der Waals surface area contributed by atoms with Crippen LogP contribution in [0.1, 0.15) is 12.8 Å². The zero-order valence-electron chi connectivity index (χ0n) is 13.6. The van der Waals surface area contributed by atoms with Crippen molar-refractivity contribution in [1.29, 1.82) is 0 Å². The van der Waals surface area contributed by atoms with Crippen LogP contribution in [0.25, 0.3) is 10.2 Å². The first kappa shape index (κ1) is 18.0. The molecule has 3 rings (SSSR count). The molecule has 0 spiro atoms. The zero-order chi connectivity index (χ0) is 17.6. The van der Waals surface area contributed by atoms with Gasteiger partial charge in [-0.05, 0) is 48.6 Å². The lowest BCUT2D eigenvalue weighted by atomic mass is 10.3. The molecule has 2 aromatic carbocycles. The maximum absolute atomic E-state index is 12.1. The molecule has 0 radical (unpaired) electrons. The van der Waals surface area contributed by atoms with Gasteiger partial charge >= 0.3 is 0 Å². The molecule has 25 heavy (non-hydrogen) atoms. The summed E-state index contributed by atoms with van der Waals surface area (Å²) < 4.78 is 6.29. The molecule has 0 unspecified atom stereocenters. The predicted octanol–water partition coefficient (Wildman–Crippen LogP) is 5.47. The topological polar surface area (TPSA) is 51.2 Å². The normalized spacial score (nSPS) is 10.8. The first-order valence-electron chi connectivity index (χ1n) is 7.77. The molecule has 0 saturated carbocycles. The highest BCUT2D eigenvalue weighted by molar-refractivity contribution is 7.99. The Hall–Kier alpha value is -1.76. The third kappa shape index (κ3) is 4.87. The number of rotatable bonds is 7. The van der Waals surface area contributed by atoms with Gasteiger partial charge in [-0.1, -0.05) is 29.0 Å². The molecule has 0 saturated heterocycles. The number of benzene rings is 2. The molecule has 0 aliphatic carbocycles. The van der Waals surface area contributed by atoms with Crippen LogP contribution in [0.2, 0.25) is 5.02 Å². The van der Waals surface area contributed by atoms with E-state index in [1.807, 2.05) is 42.5 Å². The molecule has 1 heterocycles. The maximum atomic E-state index is 12.1. The summed E-state index contributed by atoms with van der Waals surface area (Å²) in [5, 5.41) is 4.21. The van der Waals surface area contributed by atoms with Crippen LogP contribution in [-0.4, -0.2) is 23.8 Å². The van der Waals surface area contributed by atoms with E-state index in [0.717, 1.165) is 32.3 Å². The Morgan fingerprint density at radius 1 is 1.28 bits per heavy atom. The van der Waals surface area contributed by atoms with E-state index in [9.17, 15) is 4.79 Å². The number of halogens is 1.